The van der Waals surface area contributed by atoms with Crippen LogP contribution in [0.5, 0.6) is 0 Å². The van der Waals surface area contributed by atoms with Gasteiger partial charge in [0.05, 0.1) is 0 Å². The molecule has 0 aliphatic carbocycles. The van der Waals surface area contributed by atoms with Gasteiger partial charge in [0.15, 0.2) is 0 Å². The minimum absolute atomic E-state index is 0.263. The standard InChI is InChI=1S/C17H23N/c1-3-11-17(12-4-2)13-8-14-18(17)15-16-9-6-5-7-10-16/h3-7,9-10H,1-2,8,11-15H2. The monoisotopic (exact) mass is 241 g/mol. The molecule has 0 N–H and O–H groups in total. The molecule has 1 aromatic carbocycles. The fourth-order valence-electron chi connectivity index (χ4n) is 3.13. The van der Waals surface area contributed by atoms with Crippen LogP contribution in [0.25, 0.3) is 0 Å². The molecule has 0 spiro atoms. The summed E-state index contributed by atoms with van der Waals surface area (Å²) in [5.74, 6) is 0. The smallest absolute Gasteiger partial charge is 0.0282 e. The summed E-state index contributed by atoms with van der Waals surface area (Å²) in [6.07, 6.45) is 8.80. The first-order valence-corrected chi connectivity index (χ1v) is 6.81. The van der Waals surface area contributed by atoms with Crippen LogP contribution in [0.3, 0.4) is 0 Å². The molecule has 0 saturated carbocycles. The maximum Gasteiger partial charge on any atom is 0.0282 e. The van der Waals surface area contributed by atoms with Crippen LogP contribution in [0.1, 0.15) is 31.2 Å². The summed E-state index contributed by atoms with van der Waals surface area (Å²) in [6.45, 7) is 10.1. The molecule has 0 amide bonds. The van der Waals surface area contributed by atoms with Crippen molar-refractivity contribution in [2.24, 2.45) is 0 Å². The summed E-state index contributed by atoms with van der Waals surface area (Å²) in [5.41, 5.74) is 1.66. The normalized spacial score (nSPS) is 18.7. The van der Waals surface area contributed by atoms with Gasteiger partial charge in [-0.1, -0.05) is 42.5 Å². The molecule has 1 heterocycles. The fraction of sp³-hybridized carbons (Fsp3) is 0.412. The van der Waals surface area contributed by atoms with Gasteiger partial charge in [-0.2, -0.15) is 0 Å². The van der Waals surface area contributed by atoms with Crippen LogP contribution >= 0.6 is 0 Å². The Morgan fingerprint density at radius 2 is 1.78 bits per heavy atom. The van der Waals surface area contributed by atoms with Gasteiger partial charge in [-0.25, -0.2) is 0 Å². The zero-order chi connectivity index (χ0) is 12.8. The molecule has 1 heteroatoms. The van der Waals surface area contributed by atoms with Crippen LogP contribution in [0.15, 0.2) is 55.6 Å². The van der Waals surface area contributed by atoms with E-state index < -0.39 is 0 Å². The van der Waals surface area contributed by atoms with Crippen LogP contribution in [-0.2, 0) is 6.54 Å². The lowest BCUT2D eigenvalue weighted by atomic mass is 9.88. The molecular formula is C17H23N. The fourth-order valence-corrected chi connectivity index (χ4v) is 3.13. The number of likely N-dealkylation sites (tertiary alicyclic amines) is 1. The average molecular weight is 241 g/mol. The molecule has 1 nitrogen and oxygen atoms in total. The van der Waals surface area contributed by atoms with Crippen molar-refractivity contribution >= 4 is 0 Å². The molecule has 1 aliphatic heterocycles. The largest absolute Gasteiger partial charge is 0.293 e. The van der Waals surface area contributed by atoms with Crippen LogP contribution < -0.4 is 0 Å². The quantitative estimate of drug-likeness (QED) is 0.676. The second-order valence-electron chi connectivity index (χ2n) is 5.22. The van der Waals surface area contributed by atoms with Crippen LogP contribution in [0.2, 0.25) is 0 Å². The van der Waals surface area contributed by atoms with E-state index in [1.54, 1.807) is 0 Å². The summed E-state index contributed by atoms with van der Waals surface area (Å²) >= 11 is 0. The summed E-state index contributed by atoms with van der Waals surface area (Å²) in [7, 11) is 0. The average Bonchev–Trinajstić information content (AvgIpc) is 2.75. The van der Waals surface area contributed by atoms with Gasteiger partial charge in [0, 0.05) is 12.1 Å². The number of nitrogens with zero attached hydrogens (tertiary/aromatic N) is 1. The van der Waals surface area contributed by atoms with E-state index in [4.69, 9.17) is 0 Å². The van der Waals surface area contributed by atoms with E-state index in [1.165, 1.54) is 24.9 Å². The topological polar surface area (TPSA) is 3.24 Å². The third-order valence-electron chi connectivity index (χ3n) is 4.01. The SMILES string of the molecule is C=CCC1(CC=C)CCCN1Cc1ccccc1. The first-order chi connectivity index (χ1) is 8.80. The molecule has 0 unspecified atom stereocenters. The Balaban J connectivity index is 2.14. The molecule has 2 rings (SSSR count). The molecule has 0 atom stereocenters. The van der Waals surface area contributed by atoms with Gasteiger partial charge < -0.3 is 0 Å². The van der Waals surface area contributed by atoms with Crippen molar-refractivity contribution in [3.8, 4) is 0 Å². The van der Waals surface area contributed by atoms with E-state index >= 15 is 0 Å². The number of rotatable bonds is 6. The predicted molar refractivity (Wildman–Crippen MR) is 78.4 cm³/mol. The van der Waals surface area contributed by atoms with Crippen molar-refractivity contribution in [3.63, 3.8) is 0 Å². The number of hydrogen-bond donors (Lipinski definition) is 0. The van der Waals surface area contributed by atoms with E-state index in [1.807, 2.05) is 0 Å². The molecule has 1 aliphatic rings. The van der Waals surface area contributed by atoms with Gasteiger partial charge in [-0.05, 0) is 37.8 Å². The van der Waals surface area contributed by atoms with Crippen LogP contribution in [0.4, 0.5) is 0 Å². The minimum atomic E-state index is 0.263. The maximum atomic E-state index is 3.93. The third kappa shape index (κ3) is 2.73. The zero-order valence-corrected chi connectivity index (χ0v) is 11.1. The van der Waals surface area contributed by atoms with E-state index in [2.05, 4.69) is 60.5 Å². The van der Waals surface area contributed by atoms with Gasteiger partial charge in [0.1, 0.15) is 0 Å². The van der Waals surface area contributed by atoms with E-state index in [0.29, 0.717) is 0 Å². The highest BCUT2D eigenvalue weighted by Crippen LogP contribution is 2.37. The third-order valence-corrected chi connectivity index (χ3v) is 4.01. The second kappa shape index (κ2) is 6.01. The van der Waals surface area contributed by atoms with Crippen molar-refractivity contribution in [1.82, 2.24) is 4.90 Å². The van der Waals surface area contributed by atoms with Gasteiger partial charge in [0.25, 0.3) is 0 Å². The molecule has 1 aromatic rings. The molecule has 1 fully saturated rings. The molecule has 1 saturated heterocycles. The van der Waals surface area contributed by atoms with Gasteiger partial charge >= 0.3 is 0 Å². The zero-order valence-electron chi connectivity index (χ0n) is 11.1. The summed E-state index contributed by atoms with van der Waals surface area (Å²) in [4.78, 5) is 2.62. The Kier molecular flexibility index (Phi) is 4.38. The first-order valence-electron chi connectivity index (χ1n) is 6.81. The summed E-state index contributed by atoms with van der Waals surface area (Å²) in [6, 6.07) is 10.7. The Labute approximate surface area is 111 Å². The highest BCUT2D eigenvalue weighted by atomic mass is 15.2. The molecule has 0 aromatic heterocycles. The predicted octanol–water partition coefficient (Wildman–Crippen LogP) is 4.17. The second-order valence-corrected chi connectivity index (χ2v) is 5.22. The highest BCUT2D eigenvalue weighted by molar-refractivity contribution is 5.16. The van der Waals surface area contributed by atoms with Crippen molar-refractivity contribution in [2.45, 2.75) is 37.8 Å². The van der Waals surface area contributed by atoms with E-state index in [0.717, 1.165) is 19.4 Å². The Morgan fingerprint density at radius 3 is 2.39 bits per heavy atom. The van der Waals surface area contributed by atoms with Crippen molar-refractivity contribution in [1.29, 1.82) is 0 Å². The van der Waals surface area contributed by atoms with Crippen LogP contribution in [0, 0.1) is 0 Å². The molecular weight excluding hydrogens is 218 g/mol. The lowest BCUT2D eigenvalue weighted by Gasteiger charge is -2.37. The highest BCUT2D eigenvalue weighted by Gasteiger charge is 2.38. The van der Waals surface area contributed by atoms with E-state index in [9.17, 15) is 0 Å². The Morgan fingerprint density at radius 1 is 1.11 bits per heavy atom. The summed E-state index contributed by atoms with van der Waals surface area (Å²) in [5, 5.41) is 0. The van der Waals surface area contributed by atoms with Crippen molar-refractivity contribution in [3.05, 3.63) is 61.2 Å². The number of benzene rings is 1. The Hall–Kier alpha value is -1.34. The maximum absolute atomic E-state index is 3.93. The Bertz CT molecular complexity index is 383. The summed E-state index contributed by atoms with van der Waals surface area (Å²) < 4.78 is 0. The first kappa shape index (κ1) is 13.1. The molecule has 0 bridgehead atoms. The van der Waals surface area contributed by atoms with Crippen molar-refractivity contribution in [2.75, 3.05) is 6.54 Å². The van der Waals surface area contributed by atoms with Crippen molar-refractivity contribution < 1.29 is 0 Å². The lowest BCUT2D eigenvalue weighted by molar-refractivity contribution is 0.133. The number of hydrogen-bond acceptors (Lipinski definition) is 1. The van der Waals surface area contributed by atoms with Gasteiger partial charge in [0.2, 0.25) is 0 Å². The van der Waals surface area contributed by atoms with Crippen LogP contribution in [-0.4, -0.2) is 17.0 Å². The molecule has 18 heavy (non-hydrogen) atoms. The van der Waals surface area contributed by atoms with Gasteiger partial charge in [-0.3, -0.25) is 4.90 Å². The molecule has 96 valence electrons. The van der Waals surface area contributed by atoms with Gasteiger partial charge in [-0.15, -0.1) is 13.2 Å². The lowest BCUT2D eigenvalue weighted by Crippen LogP contribution is -2.42. The molecule has 0 radical (unpaired) electrons. The minimum Gasteiger partial charge on any atom is -0.293 e. The van der Waals surface area contributed by atoms with E-state index in [-0.39, 0.29) is 5.54 Å².